The van der Waals surface area contributed by atoms with Crippen LogP contribution in [0.25, 0.3) is 0 Å². The fraction of sp³-hybridized carbons (Fsp3) is 0.529. The average molecular weight is 304 g/mol. The van der Waals surface area contributed by atoms with Gasteiger partial charge >= 0.3 is 0 Å². The molecule has 0 spiro atoms. The highest BCUT2D eigenvalue weighted by Crippen LogP contribution is 2.11. The summed E-state index contributed by atoms with van der Waals surface area (Å²) in [5, 5.41) is 4.02. The summed E-state index contributed by atoms with van der Waals surface area (Å²) in [6.45, 7) is 5.51. The molecule has 1 amide bonds. The highest BCUT2D eigenvalue weighted by molar-refractivity contribution is 5.82. The number of hydrogen-bond donors (Lipinski definition) is 2. The summed E-state index contributed by atoms with van der Waals surface area (Å²) in [6, 6.07) is 7.68. The van der Waals surface area contributed by atoms with Gasteiger partial charge in [-0.3, -0.25) is 4.79 Å². The average Bonchev–Trinajstić information content (AvgIpc) is 2.55. The van der Waals surface area contributed by atoms with E-state index in [4.69, 9.17) is 4.74 Å². The first-order chi connectivity index (χ1) is 10.8. The standard InChI is InChI=1S/C17H25N3O2/c1-2-12-22-16-8-6-15(7-9-16)13-18-19-17(21)14-20-10-4-3-5-11-20/h6-9,13H,2-5,10-12,14H2,1H3,(H,19,21)/p+1/b18-13-. The fourth-order valence-electron chi connectivity index (χ4n) is 2.54. The molecule has 120 valence electrons. The Hall–Kier alpha value is -1.88. The monoisotopic (exact) mass is 304 g/mol. The Bertz CT molecular complexity index is 479. The van der Waals surface area contributed by atoms with Crippen LogP contribution in [0, 0.1) is 0 Å². The van der Waals surface area contributed by atoms with Gasteiger partial charge in [0.05, 0.1) is 25.9 Å². The van der Waals surface area contributed by atoms with E-state index in [1.54, 1.807) is 6.21 Å². The molecule has 1 aliphatic heterocycles. The van der Waals surface area contributed by atoms with Crippen LogP contribution in [-0.4, -0.2) is 38.4 Å². The Labute approximate surface area is 132 Å². The lowest BCUT2D eigenvalue weighted by Crippen LogP contribution is -3.13. The zero-order chi connectivity index (χ0) is 15.6. The van der Waals surface area contributed by atoms with E-state index in [9.17, 15) is 4.79 Å². The van der Waals surface area contributed by atoms with E-state index in [1.165, 1.54) is 24.2 Å². The normalized spacial score (nSPS) is 15.9. The predicted octanol–water partition coefficient (Wildman–Crippen LogP) is 0.994. The molecule has 0 atom stereocenters. The van der Waals surface area contributed by atoms with Crippen LogP contribution in [0.15, 0.2) is 29.4 Å². The molecule has 0 saturated carbocycles. The molecule has 0 unspecified atom stereocenters. The van der Waals surface area contributed by atoms with Gasteiger partial charge in [-0.05, 0) is 55.5 Å². The van der Waals surface area contributed by atoms with E-state index in [-0.39, 0.29) is 5.91 Å². The molecule has 5 nitrogen and oxygen atoms in total. The zero-order valence-electron chi connectivity index (χ0n) is 13.3. The van der Waals surface area contributed by atoms with Crippen molar-refractivity contribution < 1.29 is 14.4 Å². The van der Waals surface area contributed by atoms with Gasteiger partial charge < -0.3 is 9.64 Å². The third-order valence-corrected chi connectivity index (χ3v) is 3.73. The number of hydrogen-bond acceptors (Lipinski definition) is 3. The Morgan fingerprint density at radius 2 is 2.00 bits per heavy atom. The highest BCUT2D eigenvalue weighted by atomic mass is 16.5. The highest BCUT2D eigenvalue weighted by Gasteiger charge is 2.16. The number of benzene rings is 1. The number of quaternary nitrogens is 1. The summed E-state index contributed by atoms with van der Waals surface area (Å²) in [7, 11) is 0. The fourth-order valence-corrected chi connectivity index (χ4v) is 2.54. The summed E-state index contributed by atoms with van der Waals surface area (Å²) in [4.78, 5) is 13.2. The first-order valence-corrected chi connectivity index (χ1v) is 8.16. The van der Waals surface area contributed by atoms with Gasteiger partial charge in [0.15, 0.2) is 6.54 Å². The van der Waals surface area contributed by atoms with Crippen LogP contribution in [-0.2, 0) is 4.79 Å². The molecule has 1 aliphatic rings. The second-order valence-corrected chi connectivity index (χ2v) is 5.70. The van der Waals surface area contributed by atoms with Crippen molar-refractivity contribution in [2.75, 3.05) is 26.2 Å². The number of piperidine rings is 1. The molecule has 1 fully saturated rings. The lowest BCUT2D eigenvalue weighted by atomic mass is 10.1. The molecule has 2 rings (SSSR count). The quantitative estimate of drug-likeness (QED) is 0.583. The van der Waals surface area contributed by atoms with Gasteiger partial charge in [0.1, 0.15) is 5.75 Å². The van der Waals surface area contributed by atoms with E-state index < -0.39 is 0 Å². The second-order valence-electron chi connectivity index (χ2n) is 5.70. The van der Waals surface area contributed by atoms with Gasteiger partial charge in [0.25, 0.3) is 5.91 Å². The molecule has 0 radical (unpaired) electrons. The van der Waals surface area contributed by atoms with Crippen molar-refractivity contribution in [1.82, 2.24) is 5.43 Å². The smallest absolute Gasteiger partial charge is 0.295 e. The number of hydrazone groups is 1. The molecule has 1 saturated heterocycles. The molecule has 0 bridgehead atoms. The van der Waals surface area contributed by atoms with Crippen molar-refractivity contribution >= 4 is 12.1 Å². The molecule has 1 aromatic carbocycles. The molecule has 1 aromatic rings. The van der Waals surface area contributed by atoms with Crippen LogP contribution >= 0.6 is 0 Å². The maximum Gasteiger partial charge on any atom is 0.295 e. The van der Waals surface area contributed by atoms with Gasteiger partial charge in [-0.1, -0.05) is 6.92 Å². The first kappa shape index (κ1) is 16.5. The Morgan fingerprint density at radius 1 is 1.27 bits per heavy atom. The van der Waals surface area contributed by atoms with E-state index in [0.29, 0.717) is 6.54 Å². The van der Waals surface area contributed by atoms with E-state index in [0.717, 1.165) is 37.4 Å². The summed E-state index contributed by atoms with van der Waals surface area (Å²) in [5.74, 6) is 0.841. The van der Waals surface area contributed by atoms with Crippen molar-refractivity contribution in [1.29, 1.82) is 0 Å². The number of rotatable bonds is 7. The number of carbonyl (C=O) groups excluding carboxylic acids is 1. The van der Waals surface area contributed by atoms with Gasteiger partial charge in [0.2, 0.25) is 0 Å². The molecule has 2 N–H and O–H groups in total. The summed E-state index contributed by atoms with van der Waals surface area (Å²) >= 11 is 0. The van der Waals surface area contributed by atoms with Crippen LogP contribution in [0.1, 0.15) is 38.2 Å². The van der Waals surface area contributed by atoms with Crippen molar-refractivity contribution in [3.63, 3.8) is 0 Å². The third-order valence-electron chi connectivity index (χ3n) is 3.73. The topological polar surface area (TPSA) is 55.1 Å². The van der Waals surface area contributed by atoms with Crippen LogP contribution in [0.4, 0.5) is 0 Å². The molecule has 5 heteroatoms. The molecular formula is C17H26N3O2+. The predicted molar refractivity (Wildman–Crippen MR) is 87.4 cm³/mol. The Kier molecular flexibility index (Phi) is 6.90. The number of nitrogens with zero attached hydrogens (tertiary/aromatic N) is 1. The van der Waals surface area contributed by atoms with Crippen molar-refractivity contribution in [2.24, 2.45) is 5.10 Å². The van der Waals surface area contributed by atoms with E-state index >= 15 is 0 Å². The second kappa shape index (κ2) is 9.20. The molecule has 0 aromatic heterocycles. The van der Waals surface area contributed by atoms with Gasteiger partial charge in [-0.25, -0.2) is 5.43 Å². The van der Waals surface area contributed by atoms with E-state index in [2.05, 4.69) is 17.5 Å². The molecule has 0 aliphatic carbocycles. The number of nitrogens with one attached hydrogen (secondary N) is 2. The number of ether oxygens (including phenoxy) is 1. The minimum Gasteiger partial charge on any atom is -0.494 e. The number of carbonyl (C=O) groups is 1. The van der Waals surface area contributed by atoms with Crippen LogP contribution < -0.4 is 15.1 Å². The van der Waals surface area contributed by atoms with Crippen molar-refractivity contribution in [3.05, 3.63) is 29.8 Å². The lowest BCUT2D eigenvalue weighted by molar-refractivity contribution is -0.896. The summed E-state index contributed by atoms with van der Waals surface area (Å²) in [6.07, 6.45) is 6.39. The van der Waals surface area contributed by atoms with Crippen LogP contribution in [0.5, 0.6) is 5.75 Å². The Balaban J connectivity index is 1.72. The zero-order valence-corrected chi connectivity index (χ0v) is 13.3. The van der Waals surface area contributed by atoms with Crippen molar-refractivity contribution in [2.45, 2.75) is 32.6 Å². The Morgan fingerprint density at radius 3 is 2.68 bits per heavy atom. The maximum absolute atomic E-state index is 11.8. The first-order valence-electron chi connectivity index (χ1n) is 8.16. The van der Waals surface area contributed by atoms with Crippen molar-refractivity contribution in [3.8, 4) is 5.75 Å². The van der Waals surface area contributed by atoms with Gasteiger partial charge in [-0.2, -0.15) is 5.10 Å². The van der Waals surface area contributed by atoms with Gasteiger partial charge in [0, 0.05) is 0 Å². The van der Waals surface area contributed by atoms with Gasteiger partial charge in [-0.15, -0.1) is 0 Å². The largest absolute Gasteiger partial charge is 0.494 e. The minimum absolute atomic E-state index is 0.0175. The summed E-state index contributed by atoms with van der Waals surface area (Å²) in [5.41, 5.74) is 3.55. The molecule has 22 heavy (non-hydrogen) atoms. The SMILES string of the molecule is CCCOc1ccc(/C=N\NC(=O)C[NH+]2CCCCC2)cc1. The number of likely N-dealkylation sites (tertiary alicyclic amines) is 1. The molecule has 1 heterocycles. The van der Waals surface area contributed by atoms with Crippen LogP contribution in [0.3, 0.4) is 0 Å². The summed E-state index contributed by atoms with van der Waals surface area (Å²) < 4.78 is 5.52. The van der Waals surface area contributed by atoms with E-state index in [1.807, 2.05) is 24.3 Å². The minimum atomic E-state index is -0.0175. The maximum atomic E-state index is 11.8. The third kappa shape index (κ3) is 5.85. The number of amides is 1. The lowest BCUT2D eigenvalue weighted by Gasteiger charge is -2.22. The van der Waals surface area contributed by atoms with Crippen LogP contribution in [0.2, 0.25) is 0 Å². The molecular weight excluding hydrogens is 278 g/mol.